The maximum absolute atomic E-state index is 13.0. The van der Waals surface area contributed by atoms with E-state index in [1.807, 2.05) is 22.6 Å². The summed E-state index contributed by atoms with van der Waals surface area (Å²) in [4.78, 5) is 15.2. The Morgan fingerprint density at radius 1 is 1.18 bits per heavy atom. The van der Waals surface area contributed by atoms with E-state index in [9.17, 15) is 14.3 Å². The van der Waals surface area contributed by atoms with Crippen LogP contribution in [0.4, 0.5) is 4.39 Å². The van der Waals surface area contributed by atoms with E-state index in [1.165, 1.54) is 18.3 Å². The molecular weight excluding hydrogens is 336 g/mol. The summed E-state index contributed by atoms with van der Waals surface area (Å²) >= 11 is 1.84. The van der Waals surface area contributed by atoms with Crippen LogP contribution in [0.2, 0.25) is 0 Å². The van der Waals surface area contributed by atoms with Gasteiger partial charge in [0.15, 0.2) is 5.75 Å². The predicted molar refractivity (Wildman–Crippen MR) is 70.3 cm³/mol. The molecule has 0 radical (unpaired) electrons. The van der Waals surface area contributed by atoms with E-state index in [0.717, 1.165) is 6.20 Å². The number of hydrogen-bond donors (Lipinski definition) is 1. The number of aromatic hydroxyl groups is 1. The van der Waals surface area contributed by atoms with E-state index in [0.29, 0.717) is 14.7 Å². The molecule has 0 unspecified atom stereocenters. The molecule has 1 aromatic heterocycles. The van der Waals surface area contributed by atoms with E-state index in [4.69, 9.17) is 0 Å². The molecule has 0 aliphatic heterocycles. The van der Waals surface area contributed by atoms with Crippen LogP contribution in [0, 0.1) is 9.39 Å². The van der Waals surface area contributed by atoms with Gasteiger partial charge in [-0.15, -0.1) is 0 Å². The second-order valence-corrected chi connectivity index (χ2v) is 4.55. The Balaban J connectivity index is 2.66. The van der Waals surface area contributed by atoms with Gasteiger partial charge in [-0.1, -0.05) is 6.07 Å². The summed E-state index contributed by atoms with van der Waals surface area (Å²) in [6, 6.07) is 5.81. The van der Waals surface area contributed by atoms with Crippen LogP contribution in [0.5, 0.6) is 5.75 Å². The SMILES string of the molecule is O=c1c(O)cc(-c2cncc(F)c2)ccc1I. The minimum atomic E-state index is -0.467. The van der Waals surface area contributed by atoms with Gasteiger partial charge in [-0.05, 0) is 46.4 Å². The summed E-state index contributed by atoms with van der Waals surface area (Å²) in [6.45, 7) is 0. The van der Waals surface area contributed by atoms with Crippen molar-refractivity contribution >= 4 is 22.6 Å². The molecule has 2 rings (SSSR count). The molecule has 17 heavy (non-hydrogen) atoms. The average Bonchev–Trinajstić information content (AvgIpc) is 2.43. The second kappa shape index (κ2) is 4.79. The highest BCUT2D eigenvalue weighted by molar-refractivity contribution is 14.1. The van der Waals surface area contributed by atoms with Gasteiger partial charge in [-0.25, -0.2) is 4.39 Å². The maximum atomic E-state index is 13.0. The highest BCUT2D eigenvalue weighted by atomic mass is 127. The molecule has 0 atom stereocenters. The van der Waals surface area contributed by atoms with Crippen molar-refractivity contribution in [1.29, 1.82) is 0 Å². The molecule has 1 N–H and O–H groups in total. The van der Waals surface area contributed by atoms with Crippen molar-refractivity contribution in [3.63, 3.8) is 0 Å². The Labute approximate surface area is 110 Å². The fourth-order valence-electron chi connectivity index (χ4n) is 1.37. The highest BCUT2D eigenvalue weighted by Gasteiger charge is 2.04. The zero-order valence-corrected chi connectivity index (χ0v) is 10.7. The van der Waals surface area contributed by atoms with E-state index in [-0.39, 0.29) is 5.75 Å². The third kappa shape index (κ3) is 2.60. The van der Waals surface area contributed by atoms with Crippen LogP contribution in [0.25, 0.3) is 11.1 Å². The van der Waals surface area contributed by atoms with Crippen molar-refractivity contribution in [2.75, 3.05) is 0 Å². The second-order valence-electron chi connectivity index (χ2n) is 3.39. The Bertz CT molecular complexity index is 631. The van der Waals surface area contributed by atoms with E-state index in [1.54, 1.807) is 12.1 Å². The van der Waals surface area contributed by atoms with Crippen LogP contribution in [-0.4, -0.2) is 10.1 Å². The van der Waals surface area contributed by atoms with Gasteiger partial charge < -0.3 is 5.11 Å². The number of rotatable bonds is 1. The first kappa shape index (κ1) is 12.0. The summed E-state index contributed by atoms with van der Waals surface area (Å²) in [6.07, 6.45) is 2.56. The summed E-state index contributed by atoms with van der Waals surface area (Å²) in [5.74, 6) is -0.829. The van der Waals surface area contributed by atoms with Crippen LogP contribution < -0.4 is 5.43 Å². The fraction of sp³-hybridized carbons (Fsp3) is 0. The van der Waals surface area contributed by atoms with Crippen molar-refractivity contribution in [3.05, 3.63) is 56.3 Å². The Morgan fingerprint density at radius 3 is 2.65 bits per heavy atom. The van der Waals surface area contributed by atoms with Gasteiger partial charge >= 0.3 is 0 Å². The Kier molecular flexibility index (Phi) is 3.37. The van der Waals surface area contributed by atoms with E-state index in [2.05, 4.69) is 4.98 Å². The molecule has 0 spiro atoms. The number of nitrogens with zero attached hydrogens (tertiary/aromatic N) is 1. The van der Waals surface area contributed by atoms with Crippen molar-refractivity contribution in [2.24, 2.45) is 0 Å². The van der Waals surface area contributed by atoms with Crippen LogP contribution in [-0.2, 0) is 0 Å². The first-order valence-corrected chi connectivity index (χ1v) is 5.79. The summed E-state index contributed by atoms with van der Waals surface area (Å²) in [5, 5.41) is 9.54. The molecule has 1 aromatic carbocycles. The summed E-state index contributed by atoms with van der Waals surface area (Å²) < 4.78 is 13.4. The van der Waals surface area contributed by atoms with Gasteiger partial charge in [0.05, 0.1) is 9.77 Å². The van der Waals surface area contributed by atoms with Crippen molar-refractivity contribution in [2.45, 2.75) is 0 Å². The smallest absolute Gasteiger partial charge is 0.233 e. The molecule has 3 nitrogen and oxygen atoms in total. The first-order chi connectivity index (χ1) is 8.08. The van der Waals surface area contributed by atoms with Gasteiger partial charge in [0, 0.05) is 11.8 Å². The molecule has 2 aromatic rings. The lowest BCUT2D eigenvalue weighted by atomic mass is 10.1. The lowest BCUT2D eigenvalue weighted by Crippen LogP contribution is -1.99. The van der Waals surface area contributed by atoms with Crippen molar-refractivity contribution in [1.82, 2.24) is 4.98 Å². The summed E-state index contributed by atoms with van der Waals surface area (Å²) in [7, 11) is 0. The zero-order valence-electron chi connectivity index (χ0n) is 8.52. The molecule has 0 aliphatic rings. The molecule has 0 saturated carbocycles. The molecule has 0 bridgehead atoms. The number of halogens is 2. The van der Waals surface area contributed by atoms with Crippen LogP contribution in [0.3, 0.4) is 0 Å². The first-order valence-electron chi connectivity index (χ1n) is 4.71. The molecule has 1 heterocycles. The van der Waals surface area contributed by atoms with Crippen LogP contribution in [0.15, 0.2) is 41.5 Å². The predicted octanol–water partition coefficient (Wildman–Crippen LogP) is 2.56. The minimum Gasteiger partial charge on any atom is -0.504 e. The lowest BCUT2D eigenvalue weighted by Gasteiger charge is -1.97. The lowest BCUT2D eigenvalue weighted by molar-refractivity contribution is 0.470. The fourth-order valence-corrected chi connectivity index (χ4v) is 1.83. The van der Waals surface area contributed by atoms with Crippen LogP contribution in [0.1, 0.15) is 0 Å². The van der Waals surface area contributed by atoms with Gasteiger partial charge in [0.2, 0.25) is 5.43 Å². The van der Waals surface area contributed by atoms with Gasteiger partial charge in [-0.3, -0.25) is 9.78 Å². The van der Waals surface area contributed by atoms with Gasteiger partial charge in [-0.2, -0.15) is 0 Å². The third-order valence-electron chi connectivity index (χ3n) is 2.19. The molecule has 0 amide bonds. The molecule has 5 heteroatoms. The maximum Gasteiger partial charge on any atom is 0.233 e. The largest absolute Gasteiger partial charge is 0.504 e. The molecule has 86 valence electrons. The molecular formula is C12H7FINO2. The minimum absolute atomic E-state index is 0.362. The monoisotopic (exact) mass is 343 g/mol. The Hall–Kier alpha value is -1.50. The molecule has 0 fully saturated rings. The quantitative estimate of drug-likeness (QED) is 0.810. The van der Waals surface area contributed by atoms with Crippen molar-refractivity contribution < 1.29 is 9.50 Å². The summed E-state index contributed by atoms with van der Waals surface area (Å²) in [5.41, 5.74) is 0.599. The standard InChI is InChI=1S/C12H7FINO2/c13-9-3-8(5-15-6-9)7-1-2-10(14)12(17)11(16)4-7/h1-6H,(H,16,17). The normalized spacial score (nSPS) is 10.2. The van der Waals surface area contributed by atoms with E-state index < -0.39 is 11.2 Å². The van der Waals surface area contributed by atoms with Gasteiger partial charge in [0.25, 0.3) is 0 Å². The zero-order chi connectivity index (χ0) is 12.4. The average molecular weight is 343 g/mol. The van der Waals surface area contributed by atoms with Crippen LogP contribution >= 0.6 is 22.6 Å². The molecule has 0 aliphatic carbocycles. The molecule has 0 saturated heterocycles. The third-order valence-corrected chi connectivity index (χ3v) is 3.04. The van der Waals surface area contributed by atoms with E-state index >= 15 is 0 Å². The van der Waals surface area contributed by atoms with Gasteiger partial charge in [0.1, 0.15) is 5.82 Å². The number of hydrogen-bond acceptors (Lipinski definition) is 3. The highest BCUT2D eigenvalue weighted by Crippen LogP contribution is 2.21. The Morgan fingerprint density at radius 2 is 1.94 bits per heavy atom. The van der Waals surface area contributed by atoms with Crippen molar-refractivity contribution in [3.8, 4) is 16.9 Å². The number of pyridine rings is 1. The topological polar surface area (TPSA) is 50.2 Å². The number of aromatic nitrogens is 1.